The van der Waals surface area contributed by atoms with Crippen molar-refractivity contribution < 1.29 is 22.7 Å². The summed E-state index contributed by atoms with van der Waals surface area (Å²) in [4.78, 5) is 25.9. The Morgan fingerprint density at radius 1 is 1.19 bits per heavy atom. The Labute approximate surface area is 163 Å². The van der Waals surface area contributed by atoms with E-state index < -0.39 is 29.1 Å². The van der Waals surface area contributed by atoms with E-state index in [1.54, 1.807) is 30.3 Å². The van der Waals surface area contributed by atoms with E-state index in [0.29, 0.717) is 5.56 Å². The minimum atomic E-state index is -3.78. The number of carbonyl (C=O) groups is 2. The monoisotopic (exact) mass is 407 g/mol. The highest BCUT2D eigenvalue weighted by molar-refractivity contribution is 7.92. The molecule has 0 fully saturated rings. The predicted octanol–water partition coefficient (Wildman–Crippen LogP) is 3.02. The third kappa shape index (κ3) is 6.13. The highest BCUT2D eigenvalue weighted by Crippen LogP contribution is 2.21. The quantitative estimate of drug-likeness (QED) is 0.496. The molecular formula is C19H21NO5S2. The van der Waals surface area contributed by atoms with Gasteiger partial charge in [0.05, 0.1) is 0 Å². The molecule has 0 aliphatic rings. The third-order valence-electron chi connectivity index (χ3n) is 3.72. The maximum absolute atomic E-state index is 12.2. The van der Waals surface area contributed by atoms with Crippen LogP contribution in [0.4, 0.5) is 0 Å². The van der Waals surface area contributed by atoms with Crippen molar-refractivity contribution in [2.24, 2.45) is 0 Å². The minimum absolute atomic E-state index is 0.306. The Hall–Kier alpha value is -2.29. The van der Waals surface area contributed by atoms with E-state index in [4.69, 9.17) is 4.74 Å². The number of esters is 1. The molecule has 0 saturated carbocycles. The van der Waals surface area contributed by atoms with Gasteiger partial charge in [-0.15, -0.1) is 11.3 Å². The van der Waals surface area contributed by atoms with Gasteiger partial charge in [0.25, 0.3) is 0 Å². The third-order valence-corrected chi connectivity index (χ3v) is 6.17. The Morgan fingerprint density at radius 2 is 1.85 bits per heavy atom. The van der Waals surface area contributed by atoms with Gasteiger partial charge in [0.2, 0.25) is 15.8 Å². The van der Waals surface area contributed by atoms with Gasteiger partial charge < -0.3 is 4.74 Å². The Morgan fingerprint density at radius 3 is 2.44 bits per heavy atom. The normalized spacial score (nSPS) is 11.9. The summed E-state index contributed by atoms with van der Waals surface area (Å²) in [7, 11) is -2.50. The fourth-order valence-corrected chi connectivity index (χ4v) is 4.05. The average Bonchev–Trinajstić information content (AvgIpc) is 2.97. The van der Waals surface area contributed by atoms with Crippen LogP contribution in [0.25, 0.3) is 6.08 Å². The Kier molecular flexibility index (Phi) is 7.06. The number of thiophene rings is 1. The number of benzene rings is 1. The highest BCUT2D eigenvalue weighted by atomic mass is 32.2. The van der Waals surface area contributed by atoms with Crippen LogP contribution < -0.4 is 0 Å². The molecule has 0 amide bonds. The van der Waals surface area contributed by atoms with Crippen LogP contribution in [0.3, 0.4) is 0 Å². The molecule has 2 rings (SSSR count). The number of ketones is 1. The number of hydrogen-bond donors (Lipinski definition) is 0. The molecule has 0 N–H and O–H groups in total. The molecule has 0 bridgehead atoms. The SMILES string of the molecule is Cc1cc(C(=O)COC(=O)CN(C)S(=O)(=O)/C=C/c2ccccc2)c(C)s1. The van der Waals surface area contributed by atoms with Crippen molar-refractivity contribution in [3.63, 3.8) is 0 Å². The molecule has 0 aliphatic heterocycles. The molecule has 27 heavy (non-hydrogen) atoms. The lowest BCUT2D eigenvalue weighted by Crippen LogP contribution is -2.32. The molecule has 6 nitrogen and oxygen atoms in total. The van der Waals surface area contributed by atoms with E-state index in [1.807, 2.05) is 19.9 Å². The summed E-state index contributed by atoms with van der Waals surface area (Å²) in [5.41, 5.74) is 1.25. The van der Waals surface area contributed by atoms with E-state index >= 15 is 0 Å². The highest BCUT2D eigenvalue weighted by Gasteiger charge is 2.20. The van der Waals surface area contributed by atoms with Gasteiger partial charge >= 0.3 is 5.97 Å². The molecule has 144 valence electrons. The lowest BCUT2D eigenvalue weighted by Gasteiger charge is -2.13. The topological polar surface area (TPSA) is 80.8 Å². The van der Waals surface area contributed by atoms with Gasteiger partial charge in [0.15, 0.2) is 6.61 Å². The molecule has 1 aromatic carbocycles. The number of sulfonamides is 1. The number of rotatable bonds is 8. The maximum atomic E-state index is 12.2. The van der Waals surface area contributed by atoms with Crippen LogP contribution in [0.5, 0.6) is 0 Å². The molecule has 0 spiro atoms. The summed E-state index contributed by atoms with van der Waals surface area (Å²) in [5.74, 6) is -1.09. The predicted molar refractivity (Wildman–Crippen MR) is 106 cm³/mol. The van der Waals surface area contributed by atoms with Crippen LogP contribution >= 0.6 is 11.3 Å². The molecule has 0 unspecified atom stereocenters. The van der Waals surface area contributed by atoms with Gasteiger partial charge in [0, 0.05) is 27.8 Å². The molecule has 0 aliphatic carbocycles. The van der Waals surface area contributed by atoms with Crippen molar-refractivity contribution >= 4 is 39.2 Å². The number of ether oxygens (including phenoxy) is 1. The van der Waals surface area contributed by atoms with Crippen molar-refractivity contribution in [3.05, 3.63) is 62.7 Å². The molecule has 1 heterocycles. The molecule has 1 aromatic heterocycles. The second-order valence-electron chi connectivity index (χ2n) is 5.93. The first-order valence-electron chi connectivity index (χ1n) is 8.14. The van der Waals surface area contributed by atoms with Crippen LogP contribution in [-0.4, -0.2) is 44.7 Å². The van der Waals surface area contributed by atoms with Crippen molar-refractivity contribution in [2.75, 3.05) is 20.2 Å². The first kappa shape index (κ1) is 21.0. The van der Waals surface area contributed by atoms with Crippen LogP contribution in [0.1, 0.15) is 25.7 Å². The second-order valence-corrected chi connectivity index (χ2v) is 9.31. The smallest absolute Gasteiger partial charge is 0.321 e. The summed E-state index contributed by atoms with van der Waals surface area (Å²) < 4.78 is 30.2. The molecule has 8 heteroatoms. The summed E-state index contributed by atoms with van der Waals surface area (Å²) in [6.07, 6.45) is 1.45. The van der Waals surface area contributed by atoms with E-state index in [9.17, 15) is 18.0 Å². The minimum Gasteiger partial charge on any atom is -0.456 e. The zero-order valence-corrected chi connectivity index (χ0v) is 17.0. The molecule has 0 saturated heterocycles. The van der Waals surface area contributed by atoms with Gasteiger partial charge in [0.1, 0.15) is 6.54 Å². The van der Waals surface area contributed by atoms with Crippen LogP contribution in [0.2, 0.25) is 0 Å². The van der Waals surface area contributed by atoms with Crippen molar-refractivity contribution in [3.8, 4) is 0 Å². The Bertz CT molecular complexity index is 946. The van der Waals surface area contributed by atoms with Crippen molar-refractivity contribution in [1.29, 1.82) is 0 Å². The number of aryl methyl sites for hydroxylation is 2. The summed E-state index contributed by atoms with van der Waals surface area (Å²) in [5, 5.41) is 1.03. The zero-order valence-electron chi connectivity index (χ0n) is 15.3. The number of likely N-dealkylation sites (N-methyl/N-ethyl adjacent to an activating group) is 1. The lowest BCUT2D eigenvalue weighted by atomic mass is 10.2. The first-order chi connectivity index (χ1) is 12.7. The second kappa shape index (κ2) is 9.07. The lowest BCUT2D eigenvalue weighted by molar-refractivity contribution is -0.142. The van der Waals surface area contributed by atoms with Crippen molar-refractivity contribution in [1.82, 2.24) is 4.31 Å². The molecule has 2 aromatic rings. The largest absolute Gasteiger partial charge is 0.456 e. The van der Waals surface area contributed by atoms with Crippen LogP contribution in [0.15, 0.2) is 41.8 Å². The number of hydrogen-bond acceptors (Lipinski definition) is 6. The van der Waals surface area contributed by atoms with Crippen LogP contribution in [-0.2, 0) is 19.6 Å². The zero-order chi connectivity index (χ0) is 20.0. The van der Waals surface area contributed by atoms with Crippen molar-refractivity contribution in [2.45, 2.75) is 13.8 Å². The van der Waals surface area contributed by atoms with Gasteiger partial charge in [-0.05, 0) is 31.6 Å². The van der Waals surface area contributed by atoms with E-state index in [2.05, 4.69) is 0 Å². The molecule has 0 atom stereocenters. The number of carbonyl (C=O) groups excluding carboxylic acids is 2. The molecule has 0 radical (unpaired) electrons. The summed E-state index contributed by atoms with van der Waals surface area (Å²) >= 11 is 1.49. The maximum Gasteiger partial charge on any atom is 0.321 e. The van der Waals surface area contributed by atoms with E-state index in [1.165, 1.54) is 24.5 Å². The average molecular weight is 408 g/mol. The standard InChI is InChI=1S/C19H21NO5S2/c1-14-11-17(15(2)26-14)18(21)13-25-19(22)12-20(3)27(23,24)10-9-16-7-5-4-6-8-16/h4-11H,12-13H2,1-3H3/b10-9+. The number of nitrogens with zero attached hydrogens (tertiary/aromatic N) is 1. The van der Waals surface area contributed by atoms with Crippen LogP contribution in [0, 0.1) is 13.8 Å². The van der Waals surface area contributed by atoms with Gasteiger partial charge in [-0.2, -0.15) is 4.31 Å². The Balaban J connectivity index is 1.89. The first-order valence-corrected chi connectivity index (χ1v) is 10.5. The summed E-state index contributed by atoms with van der Waals surface area (Å²) in [6.45, 7) is 2.83. The van der Waals surface area contributed by atoms with Gasteiger partial charge in [-0.1, -0.05) is 30.3 Å². The molecular weight excluding hydrogens is 386 g/mol. The van der Waals surface area contributed by atoms with E-state index in [0.717, 1.165) is 25.0 Å². The van der Waals surface area contributed by atoms with Gasteiger partial charge in [-0.25, -0.2) is 8.42 Å². The fourth-order valence-electron chi connectivity index (χ4n) is 2.28. The summed E-state index contributed by atoms with van der Waals surface area (Å²) in [6, 6.07) is 10.7. The van der Waals surface area contributed by atoms with E-state index in [-0.39, 0.29) is 5.78 Å². The fraction of sp³-hybridized carbons (Fsp3) is 0.263. The van der Waals surface area contributed by atoms with Gasteiger partial charge in [-0.3, -0.25) is 9.59 Å². The number of Topliss-reactive ketones (excluding diaryl/α,β-unsaturated/α-hetero) is 1.